The van der Waals surface area contributed by atoms with Crippen LogP contribution in [0.2, 0.25) is 0 Å². The summed E-state index contributed by atoms with van der Waals surface area (Å²) >= 11 is 0. The first kappa shape index (κ1) is 14.5. The van der Waals surface area contributed by atoms with Crippen LogP contribution in [-0.4, -0.2) is 34.4 Å². The van der Waals surface area contributed by atoms with Gasteiger partial charge in [0.1, 0.15) is 5.65 Å². The number of hydrogen-bond donors (Lipinski definition) is 3. The van der Waals surface area contributed by atoms with Crippen LogP contribution in [-0.2, 0) is 4.74 Å². The highest BCUT2D eigenvalue weighted by Crippen LogP contribution is 2.37. The first-order valence-electron chi connectivity index (χ1n) is 7.48. The third-order valence-corrected chi connectivity index (χ3v) is 4.13. The molecule has 6 heteroatoms. The summed E-state index contributed by atoms with van der Waals surface area (Å²) in [4.78, 5) is 19.1. The number of anilines is 1. The number of H-pyrrole nitrogens is 1. The van der Waals surface area contributed by atoms with E-state index in [9.17, 15) is 9.90 Å². The molecule has 6 nitrogen and oxygen atoms in total. The van der Waals surface area contributed by atoms with Gasteiger partial charge in [-0.15, -0.1) is 0 Å². The lowest BCUT2D eigenvalue weighted by Crippen LogP contribution is -2.12. The second kappa shape index (κ2) is 5.50. The van der Waals surface area contributed by atoms with Crippen LogP contribution in [0.4, 0.5) is 5.69 Å². The van der Waals surface area contributed by atoms with Crippen molar-refractivity contribution in [3.8, 4) is 0 Å². The number of methoxy groups -OCH3 is 1. The third-order valence-electron chi connectivity index (χ3n) is 4.13. The normalized spacial score (nSPS) is 17.8. The zero-order chi connectivity index (χ0) is 16.7. The smallest absolute Gasteiger partial charge is 0.337 e. The van der Waals surface area contributed by atoms with E-state index in [4.69, 9.17) is 4.74 Å². The quantitative estimate of drug-likeness (QED) is 0.632. The van der Waals surface area contributed by atoms with Gasteiger partial charge < -0.3 is 20.1 Å². The number of nitrogens with zero attached hydrogens (tertiary/aromatic N) is 1. The zero-order valence-corrected chi connectivity index (χ0v) is 12.9. The molecule has 0 saturated heterocycles. The van der Waals surface area contributed by atoms with Gasteiger partial charge in [-0.05, 0) is 36.4 Å². The van der Waals surface area contributed by atoms with Gasteiger partial charge in [-0.25, -0.2) is 9.78 Å². The average Bonchev–Trinajstić information content (AvgIpc) is 3.16. The molecule has 0 saturated carbocycles. The van der Waals surface area contributed by atoms with E-state index in [0.717, 1.165) is 27.8 Å². The summed E-state index contributed by atoms with van der Waals surface area (Å²) < 4.78 is 4.77. The van der Waals surface area contributed by atoms with Crippen LogP contribution < -0.4 is 5.32 Å². The number of aliphatic hydroxyl groups excluding tert-OH is 1. The van der Waals surface area contributed by atoms with Gasteiger partial charge in [0.25, 0.3) is 0 Å². The van der Waals surface area contributed by atoms with Crippen molar-refractivity contribution in [2.45, 2.75) is 6.23 Å². The minimum atomic E-state index is -0.838. The fourth-order valence-corrected chi connectivity index (χ4v) is 2.95. The first-order chi connectivity index (χ1) is 11.7. The molecule has 120 valence electrons. The van der Waals surface area contributed by atoms with E-state index < -0.39 is 12.2 Å². The van der Waals surface area contributed by atoms with E-state index in [0.29, 0.717) is 11.1 Å². The van der Waals surface area contributed by atoms with E-state index in [1.807, 2.05) is 24.4 Å². The molecule has 0 aliphatic carbocycles. The molecule has 1 aliphatic heterocycles. The average molecular weight is 321 g/mol. The number of ether oxygens (including phenoxy) is 1. The van der Waals surface area contributed by atoms with Crippen molar-refractivity contribution >= 4 is 34.3 Å². The van der Waals surface area contributed by atoms with Gasteiger partial charge >= 0.3 is 5.97 Å². The van der Waals surface area contributed by atoms with Crippen LogP contribution in [0, 0.1) is 0 Å². The molecule has 24 heavy (non-hydrogen) atoms. The number of esters is 1. The van der Waals surface area contributed by atoms with Crippen LogP contribution in [0.15, 0.2) is 42.7 Å². The van der Waals surface area contributed by atoms with Gasteiger partial charge in [-0.3, -0.25) is 0 Å². The lowest BCUT2D eigenvalue weighted by atomic mass is 10.0. The molecule has 0 amide bonds. The van der Waals surface area contributed by atoms with Crippen molar-refractivity contribution in [3.63, 3.8) is 0 Å². The summed E-state index contributed by atoms with van der Waals surface area (Å²) in [6.45, 7) is 0. The molecule has 3 heterocycles. The van der Waals surface area contributed by atoms with Gasteiger partial charge in [-0.1, -0.05) is 0 Å². The maximum Gasteiger partial charge on any atom is 0.337 e. The maximum atomic E-state index is 11.8. The second-order valence-electron chi connectivity index (χ2n) is 5.54. The highest BCUT2D eigenvalue weighted by atomic mass is 16.5. The summed E-state index contributed by atoms with van der Waals surface area (Å²) in [5.41, 5.74) is 4.40. The number of carbonyl (C=O) groups is 1. The summed E-state index contributed by atoms with van der Waals surface area (Å²) in [5.74, 6) is -0.408. The SMILES string of the molecule is COC(=O)c1ccc2c(c1)C(=Cc1c[nH]c3ncccc13)C(O)N2. The fourth-order valence-electron chi connectivity index (χ4n) is 2.95. The topological polar surface area (TPSA) is 87.2 Å². The first-order valence-corrected chi connectivity index (χ1v) is 7.48. The molecule has 0 bridgehead atoms. The van der Waals surface area contributed by atoms with Gasteiger partial charge in [-0.2, -0.15) is 0 Å². The number of pyridine rings is 1. The van der Waals surface area contributed by atoms with E-state index in [2.05, 4.69) is 15.3 Å². The summed E-state index contributed by atoms with van der Waals surface area (Å²) in [5, 5.41) is 14.3. The number of rotatable bonds is 2. The Morgan fingerprint density at radius 3 is 3.08 bits per heavy atom. The Morgan fingerprint density at radius 1 is 1.38 bits per heavy atom. The van der Waals surface area contributed by atoms with Crippen molar-refractivity contribution in [2.75, 3.05) is 12.4 Å². The molecule has 1 aromatic carbocycles. The van der Waals surface area contributed by atoms with Crippen LogP contribution in [0.3, 0.4) is 0 Å². The number of carbonyl (C=O) groups excluding carboxylic acids is 1. The number of fused-ring (bicyclic) bond motifs is 2. The van der Waals surface area contributed by atoms with Crippen molar-refractivity contribution in [1.82, 2.24) is 9.97 Å². The Hall–Kier alpha value is -3.12. The van der Waals surface area contributed by atoms with E-state index in [-0.39, 0.29) is 0 Å². The highest BCUT2D eigenvalue weighted by Gasteiger charge is 2.26. The molecule has 0 spiro atoms. The highest BCUT2D eigenvalue weighted by molar-refractivity contribution is 6.01. The number of aromatic nitrogens is 2. The summed E-state index contributed by atoms with van der Waals surface area (Å²) in [6.07, 6.45) is 4.62. The van der Waals surface area contributed by atoms with Gasteiger partial charge in [0.05, 0.1) is 12.7 Å². The maximum absolute atomic E-state index is 11.8. The van der Waals surface area contributed by atoms with Crippen molar-refractivity contribution in [1.29, 1.82) is 0 Å². The number of aliphatic hydroxyl groups is 1. The standard InChI is InChI=1S/C18H15N3O3/c1-24-18(23)10-4-5-15-13(7-10)14(17(22)21-15)8-11-9-20-16-12(11)3-2-6-19-16/h2-9,17,21-22H,1H3,(H,19,20). The molecule has 4 rings (SSSR count). The molecular weight excluding hydrogens is 306 g/mol. The minimum absolute atomic E-state index is 0.408. The van der Waals surface area contributed by atoms with Crippen molar-refractivity contribution < 1.29 is 14.6 Å². The molecule has 3 aromatic rings. The van der Waals surface area contributed by atoms with Gasteiger partial charge in [0, 0.05) is 40.2 Å². The lowest BCUT2D eigenvalue weighted by molar-refractivity contribution is 0.0600. The van der Waals surface area contributed by atoms with Crippen LogP contribution in [0.5, 0.6) is 0 Å². The molecule has 1 aliphatic rings. The molecule has 0 radical (unpaired) electrons. The van der Waals surface area contributed by atoms with Crippen molar-refractivity contribution in [3.05, 3.63) is 59.4 Å². The Balaban J connectivity index is 1.83. The predicted molar refractivity (Wildman–Crippen MR) is 91.4 cm³/mol. The van der Waals surface area contributed by atoms with Crippen LogP contribution >= 0.6 is 0 Å². The third kappa shape index (κ3) is 2.24. The number of aromatic amines is 1. The minimum Gasteiger partial charge on any atom is -0.465 e. The predicted octanol–water partition coefficient (Wildman–Crippen LogP) is 2.63. The monoisotopic (exact) mass is 321 g/mol. The largest absolute Gasteiger partial charge is 0.465 e. The molecule has 3 N–H and O–H groups in total. The van der Waals surface area contributed by atoms with Crippen LogP contribution in [0.1, 0.15) is 21.5 Å². The molecule has 2 aromatic heterocycles. The lowest BCUT2D eigenvalue weighted by Gasteiger charge is -2.05. The van der Waals surface area contributed by atoms with E-state index in [1.165, 1.54) is 7.11 Å². The Kier molecular flexibility index (Phi) is 3.32. The fraction of sp³-hybridized carbons (Fsp3) is 0.111. The van der Waals surface area contributed by atoms with Gasteiger partial charge in [0.2, 0.25) is 0 Å². The number of benzene rings is 1. The summed E-state index contributed by atoms with van der Waals surface area (Å²) in [7, 11) is 1.35. The molecule has 0 fully saturated rings. The molecule has 1 atom stereocenters. The van der Waals surface area contributed by atoms with Crippen molar-refractivity contribution in [2.24, 2.45) is 0 Å². The number of nitrogens with one attached hydrogen (secondary N) is 2. The van der Waals surface area contributed by atoms with E-state index in [1.54, 1.807) is 24.4 Å². The Bertz CT molecular complexity index is 975. The summed E-state index contributed by atoms with van der Waals surface area (Å²) in [6, 6.07) is 8.99. The molecule has 1 unspecified atom stereocenters. The van der Waals surface area contributed by atoms with Crippen LogP contribution in [0.25, 0.3) is 22.7 Å². The Labute approximate surface area is 137 Å². The molecular formula is C18H15N3O3. The van der Waals surface area contributed by atoms with E-state index >= 15 is 0 Å². The Morgan fingerprint density at radius 2 is 2.25 bits per heavy atom. The second-order valence-corrected chi connectivity index (χ2v) is 5.54. The van der Waals surface area contributed by atoms with Gasteiger partial charge in [0.15, 0.2) is 6.23 Å². The zero-order valence-electron chi connectivity index (χ0n) is 12.9. The number of hydrogen-bond acceptors (Lipinski definition) is 5.